The number of aliphatic hydroxyl groups excluding tert-OH is 2. The van der Waals surface area contributed by atoms with E-state index >= 15 is 0 Å². The van der Waals surface area contributed by atoms with Crippen molar-refractivity contribution in [2.24, 2.45) is 0 Å². The van der Waals surface area contributed by atoms with E-state index in [-0.39, 0.29) is 13.2 Å². The minimum absolute atomic E-state index is 0.0359. The number of hydrogen-bond donors (Lipinski definition) is 2. The number of aliphatic hydroxyl groups is 2. The van der Waals surface area contributed by atoms with E-state index in [4.69, 9.17) is 38.6 Å². The molecule has 0 saturated heterocycles. The molecule has 0 amide bonds. The van der Waals surface area contributed by atoms with Gasteiger partial charge in [-0.1, -0.05) is 46.0 Å². The van der Waals surface area contributed by atoms with Gasteiger partial charge < -0.3 is 38.6 Å². The summed E-state index contributed by atoms with van der Waals surface area (Å²) in [5, 5.41) is 16.9. The van der Waals surface area contributed by atoms with Gasteiger partial charge in [0.15, 0.2) is 0 Å². The van der Waals surface area contributed by atoms with Crippen molar-refractivity contribution in [1.82, 2.24) is 0 Å². The predicted octanol–water partition coefficient (Wildman–Crippen LogP) is 2.83. The van der Waals surface area contributed by atoms with Crippen LogP contribution in [0.2, 0.25) is 0 Å². The molecule has 0 unspecified atom stereocenters. The van der Waals surface area contributed by atoms with Gasteiger partial charge in [0.1, 0.15) is 0 Å². The molecule has 0 atom stereocenters. The Labute approximate surface area is 190 Å². The van der Waals surface area contributed by atoms with Gasteiger partial charge in [0.2, 0.25) is 0 Å². The number of rotatable bonds is 25. The summed E-state index contributed by atoms with van der Waals surface area (Å²) in [7, 11) is 0. The molecule has 0 aromatic heterocycles. The third-order valence-corrected chi connectivity index (χ3v) is 3.95. The molecule has 8 heteroatoms. The fourth-order valence-electron chi connectivity index (χ4n) is 2.34. The first kappa shape index (κ1) is 32.9. The Morgan fingerprint density at radius 2 is 0.710 bits per heavy atom. The van der Waals surface area contributed by atoms with Gasteiger partial charge in [0, 0.05) is 13.2 Å². The highest BCUT2D eigenvalue weighted by atomic mass is 16.6. The summed E-state index contributed by atoms with van der Waals surface area (Å²) >= 11 is 0. The highest BCUT2D eigenvalue weighted by molar-refractivity contribution is 4.43. The normalized spacial score (nSPS) is 10.8. The molecule has 0 aromatic carbocycles. The fraction of sp³-hybridized carbons (Fsp3) is 1.00. The van der Waals surface area contributed by atoms with Gasteiger partial charge in [-0.25, -0.2) is 0 Å². The second kappa shape index (κ2) is 34.3. The third-order valence-electron chi connectivity index (χ3n) is 3.95. The van der Waals surface area contributed by atoms with Crippen molar-refractivity contribution >= 4 is 0 Å². The van der Waals surface area contributed by atoms with Crippen LogP contribution in [0.25, 0.3) is 0 Å². The Kier molecular flexibility index (Phi) is 36.4. The zero-order valence-corrected chi connectivity index (χ0v) is 20.2. The van der Waals surface area contributed by atoms with Crippen LogP contribution in [0.3, 0.4) is 0 Å². The van der Waals surface area contributed by atoms with Crippen molar-refractivity contribution in [3.05, 3.63) is 0 Å². The van der Waals surface area contributed by atoms with Crippen molar-refractivity contribution in [3.8, 4) is 0 Å². The zero-order chi connectivity index (χ0) is 23.1. The van der Waals surface area contributed by atoms with E-state index in [2.05, 4.69) is 13.8 Å². The van der Waals surface area contributed by atoms with Crippen molar-refractivity contribution < 1.29 is 38.6 Å². The van der Waals surface area contributed by atoms with Crippen molar-refractivity contribution in [2.75, 3.05) is 92.5 Å². The van der Waals surface area contributed by atoms with Crippen molar-refractivity contribution in [3.63, 3.8) is 0 Å². The summed E-state index contributed by atoms with van der Waals surface area (Å²) in [6.07, 6.45) is 9.29. The lowest BCUT2D eigenvalue weighted by Crippen LogP contribution is -2.14. The van der Waals surface area contributed by atoms with Crippen LogP contribution in [-0.2, 0) is 28.4 Å². The predicted molar refractivity (Wildman–Crippen MR) is 123 cm³/mol. The van der Waals surface area contributed by atoms with Gasteiger partial charge in [0.05, 0.1) is 79.3 Å². The monoisotopic (exact) mass is 454 g/mol. The smallest absolute Gasteiger partial charge is 0.0701 e. The first-order valence-electron chi connectivity index (χ1n) is 12.0. The topological polar surface area (TPSA) is 95.8 Å². The van der Waals surface area contributed by atoms with Gasteiger partial charge in [0.25, 0.3) is 0 Å². The molecule has 31 heavy (non-hydrogen) atoms. The molecule has 0 aliphatic carbocycles. The maximum Gasteiger partial charge on any atom is 0.0701 e. The lowest BCUT2D eigenvalue weighted by molar-refractivity contribution is -0.0151. The van der Waals surface area contributed by atoms with Gasteiger partial charge in [-0.05, 0) is 12.8 Å². The molecule has 0 radical (unpaired) electrons. The molecule has 0 aromatic rings. The van der Waals surface area contributed by atoms with Gasteiger partial charge in [-0.2, -0.15) is 0 Å². The largest absolute Gasteiger partial charge is 0.394 e. The van der Waals surface area contributed by atoms with Crippen LogP contribution >= 0.6 is 0 Å². The maximum atomic E-state index is 8.45. The van der Waals surface area contributed by atoms with Crippen LogP contribution in [-0.4, -0.2) is 103 Å². The summed E-state index contributed by atoms with van der Waals surface area (Å²) in [4.78, 5) is 0. The van der Waals surface area contributed by atoms with E-state index in [9.17, 15) is 0 Å². The van der Waals surface area contributed by atoms with Crippen LogP contribution in [0, 0.1) is 0 Å². The zero-order valence-electron chi connectivity index (χ0n) is 20.2. The second-order valence-electron chi connectivity index (χ2n) is 6.89. The third kappa shape index (κ3) is 37.3. The molecule has 190 valence electrons. The van der Waals surface area contributed by atoms with Crippen molar-refractivity contribution in [1.29, 1.82) is 0 Å². The average Bonchev–Trinajstić information content (AvgIpc) is 2.79. The Morgan fingerprint density at radius 3 is 1.10 bits per heavy atom. The summed E-state index contributed by atoms with van der Waals surface area (Å²) < 4.78 is 31.2. The van der Waals surface area contributed by atoms with E-state index in [0.717, 1.165) is 19.6 Å². The van der Waals surface area contributed by atoms with Crippen LogP contribution in [0.1, 0.15) is 58.8 Å². The molecule has 0 bridgehead atoms. The van der Waals surface area contributed by atoms with Crippen LogP contribution in [0.5, 0.6) is 0 Å². The lowest BCUT2D eigenvalue weighted by atomic mass is 10.1. The molecule has 0 heterocycles. The highest BCUT2D eigenvalue weighted by Crippen LogP contribution is 2.04. The Morgan fingerprint density at radius 1 is 0.355 bits per heavy atom. The number of ether oxygens (including phenoxy) is 6. The minimum atomic E-state index is 0.0359. The molecule has 8 nitrogen and oxygen atoms in total. The van der Waals surface area contributed by atoms with Crippen LogP contribution < -0.4 is 0 Å². The fourth-order valence-corrected chi connectivity index (χ4v) is 2.34. The molecule has 0 fully saturated rings. The lowest BCUT2D eigenvalue weighted by Gasteiger charge is -2.07. The van der Waals surface area contributed by atoms with E-state index < -0.39 is 0 Å². The van der Waals surface area contributed by atoms with E-state index in [1.165, 1.54) is 38.5 Å². The molecule has 2 N–H and O–H groups in total. The summed E-state index contributed by atoms with van der Waals surface area (Å²) in [6, 6.07) is 0. The van der Waals surface area contributed by atoms with Gasteiger partial charge in [-0.15, -0.1) is 0 Å². The summed E-state index contributed by atoms with van der Waals surface area (Å²) in [5.41, 5.74) is 0. The molecular formula is C23H50O8. The molecular weight excluding hydrogens is 404 g/mol. The quantitative estimate of drug-likeness (QED) is 0.203. The molecule has 0 rings (SSSR count). The second-order valence-corrected chi connectivity index (χ2v) is 6.89. The van der Waals surface area contributed by atoms with Gasteiger partial charge >= 0.3 is 0 Å². The molecule has 0 spiro atoms. The van der Waals surface area contributed by atoms with E-state index in [1.807, 2.05) is 0 Å². The first-order chi connectivity index (χ1) is 15.3. The van der Waals surface area contributed by atoms with Crippen LogP contribution in [0.4, 0.5) is 0 Å². The van der Waals surface area contributed by atoms with Crippen molar-refractivity contribution in [2.45, 2.75) is 58.8 Å². The molecule has 0 aliphatic heterocycles. The summed E-state index contributed by atoms with van der Waals surface area (Å²) in [6.45, 7) is 11.1. The maximum absolute atomic E-state index is 8.45. The Bertz CT molecular complexity index is 256. The Balaban J connectivity index is 0. The molecule has 0 saturated carbocycles. The molecule has 0 aliphatic rings. The van der Waals surface area contributed by atoms with E-state index in [0.29, 0.717) is 66.1 Å². The van der Waals surface area contributed by atoms with Gasteiger partial charge in [-0.3, -0.25) is 0 Å². The highest BCUT2D eigenvalue weighted by Gasteiger charge is 1.93. The average molecular weight is 455 g/mol. The van der Waals surface area contributed by atoms with Crippen LogP contribution in [0.15, 0.2) is 0 Å². The minimum Gasteiger partial charge on any atom is -0.394 e. The summed E-state index contributed by atoms with van der Waals surface area (Å²) in [5.74, 6) is 0. The van der Waals surface area contributed by atoms with E-state index in [1.54, 1.807) is 0 Å². The number of hydrogen-bond acceptors (Lipinski definition) is 8. The first-order valence-corrected chi connectivity index (χ1v) is 12.0. The number of unbranched alkanes of at least 4 members (excludes halogenated alkanes) is 5. The Hall–Kier alpha value is -0.320. The SMILES string of the molecule is CCCCCCCCOCCC.OCCOCCOCCOCCOCCOCCO. The standard InChI is InChI=1S/C12H26O7.C11H24O/c13-1-3-15-5-7-17-9-11-19-12-10-18-8-6-16-4-2-14;1-3-5-6-7-8-9-11-12-10-4-2/h13-14H,1-12H2;3-11H2,1-2H3.